The molecule has 0 spiro atoms. The lowest BCUT2D eigenvalue weighted by Gasteiger charge is -2.05. The fourth-order valence-corrected chi connectivity index (χ4v) is 1.69. The highest BCUT2D eigenvalue weighted by molar-refractivity contribution is 6.30. The highest BCUT2D eigenvalue weighted by Gasteiger charge is 2.06. The maximum atomic E-state index is 13.6. The smallest absolute Gasteiger partial charge is 0.449 e. The molecule has 0 heterocycles. The van der Waals surface area contributed by atoms with E-state index in [-0.39, 0.29) is 5.75 Å². The molecule has 2 aromatic rings. The second kappa shape index (κ2) is 5.06. The number of halogens is 2. The first kappa shape index (κ1) is 12.4. The summed E-state index contributed by atoms with van der Waals surface area (Å²) in [6.45, 7) is 0. The van der Waals surface area contributed by atoms with E-state index in [2.05, 4.69) is 4.74 Å². The van der Waals surface area contributed by atoms with Crippen molar-refractivity contribution in [3.05, 3.63) is 53.3 Å². The van der Waals surface area contributed by atoms with Crippen LogP contribution in [0.3, 0.4) is 0 Å². The number of carbonyl (C=O) groups is 1. The Morgan fingerprint density at radius 1 is 1.17 bits per heavy atom. The third kappa shape index (κ3) is 2.78. The van der Waals surface area contributed by atoms with E-state index in [0.29, 0.717) is 16.1 Å². The monoisotopic (exact) mass is 266 g/mol. The molecule has 2 rings (SSSR count). The molecule has 1 N–H and O–H groups in total. The number of rotatable bonds is 2. The van der Waals surface area contributed by atoms with Gasteiger partial charge in [-0.25, -0.2) is 9.18 Å². The minimum Gasteiger partial charge on any atom is -0.449 e. The first-order valence-corrected chi connectivity index (χ1v) is 5.40. The topological polar surface area (TPSA) is 46.5 Å². The number of benzene rings is 2. The third-order valence-corrected chi connectivity index (χ3v) is 2.54. The summed E-state index contributed by atoms with van der Waals surface area (Å²) in [7, 11) is 0. The molecule has 0 saturated carbocycles. The Labute approximate surface area is 107 Å². The summed E-state index contributed by atoms with van der Waals surface area (Å²) in [5.74, 6) is -0.255. The van der Waals surface area contributed by atoms with Gasteiger partial charge in [0.2, 0.25) is 0 Å². The molecular weight excluding hydrogens is 259 g/mol. The lowest BCUT2D eigenvalue weighted by molar-refractivity contribution is 0.144. The summed E-state index contributed by atoms with van der Waals surface area (Å²) < 4.78 is 18.1. The van der Waals surface area contributed by atoms with Crippen molar-refractivity contribution in [2.45, 2.75) is 0 Å². The van der Waals surface area contributed by atoms with Crippen molar-refractivity contribution in [3.63, 3.8) is 0 Å². The first-order chi connectivity index (χ1) is 8.56. The molecule has 18 heavy (non-hydrogen) atoms. The van der Waals surface area contributed by atoms with Gasteiger partial charge < -0.3 is 9.84 Å². The summed E-state index contributed by atoms with van der Waals surface area (Å²) in [4.78, 5) is 10.3. The Kier molecular flexibility index (Phi) is 3.48. The predicted octanol–water partition coefficient (Wildman–Crippen LogP) is 4.20. The van der Waals surface area contributed by atoms with E-state index >= 15 is 0 Å². The van der Waals surface area contributed by atoms with Crippen molar-refractivity contribution < 1.29 is 19.0 Å². The van der Waals surface area contributed by atoms with E-state index < -0.39 is 12.0 Å². The van der Waals surface area contributed by atoms with E-state index in [1.165, 1.54) is 18.2 Å². The van der Waals surface area contributed by atoms with Gasteiger partial charge in [0.1, 0.15) is 11.6 Å². The Bertz CT molecular complexity index is 581. The van der Waals surface area contributed by atoms with Crippen LogP contribution in [0, 0.1) is 5.82 Å². The van der Waals surface area contributed by atoms with Crippen molar-refractivity contribution in [2.24, 2.45) is 0 Å². The fourth-order valence-electron chi connectivity index (χ4n) is 1.53. The van der Waals surface area contributed by atoms with Crippen LogP contribution in [-0.4, -0.2) is 11.3 Å². The average Bonchev–Trinajstić information content (AvgIpc) is 2.30. The Hall–Kier alpha value is -2.07. The molecule has 5 heteroatoms. The lowest BCUT2D eigenvalue weighted by atomic mass is 10.1. The predicted molar refractivity (Wildman–Crippen MR) is 65.5 cm³/mol. The standard InChI is InChI=1S/C13H8ClFO3/c14-9-3-6-11(12(15)7-9)8-1-4-10(5-2-8)18-13(16)17/h1-7H,(H,16,17). The van der Waals surface area contributed by atoms with Crippen LogP contribution in [0.15, 0.2) is 42.5 Å². The van der Waals surface area contributed by atoms with Crippen LogP contribution in [0.25, 0.3) is 11.1 Å². The number of hydrogen-bond donors (Lipinski definition) is 1. The normalized spacial score (nSPS) is 10.1. The molecule has 92 valence electrons. The molecule has 0 amide bonds. The molecule has 0 fully saturated rings. The number of ether oxygens (including phenoxy) is 1. The molecule has 0 saturated heterocycles. The second-order valence-corrected chi connectivity index (χ2v) is 3.95. The van der Waals surface area contributed by atoms with Crippen molar-refractivity contribution in [1.29, 1.82) is 0 Å². The summed E-state index contributed by atoms with van der Waals surface area (Å²) in [6, 6.07) is 10.4. The van der Waals surface area contributed by atoms with Crippen LogP contribution in [0.2, 0.25) is 5.02 Å². The zero-order chi connectivity index (χ0) is 13.1. The van der Waals surface area contributed by atoms with E-state index in [0.717, 1.165) is 0 Å². The maximum absolute atomic E-state index is 13.6. The highest BCUT2D eigenvalue weighted by atomic mass is 35.5. The van der Waals surface area contributed by atoms with Gasteiger partial charge in [0, 0.05) is 10.6 Å². The van der Waals surface area contributed by atoms with Crippen LogP contribution in [0.5, 0.6) is 5.75 Å². The molecule has 3 nitrogen and oxygen atoms in total. The minimum absolute atomic E-state index is 0.181. The summed E-state index contributed by atoms with van der Waals surface area (Å²) in [6.07, 6.45) is -1.39. The Morgan fingerprint density at radius 2 is 1.83 bits per heavy atom. The molecule has 0 bridgehead atoms. The Balaban J connectivity index is 2.31. The van der Waals surface area contributed by atoms with Gasteiger partial charge in [0.05, 0.1) is 0 Å². The fraction of sp³-hybridized carbons (Fsp3) is 0. The van der Waals surface area contributed by atoms with E-state index in [1.54, 1.807) is 24.3 Å². The van der Waals surface area contributed by atoms with Crippen LogP contribution in [0.1, 0.15) is 0 Å². The van der Waals surface area contributed by atoms with Gasteiger partial charge in [0.25, 0.3) is 0 Å². The quantitative estimate of drug-likeness (QED) is 0.654. The highest BCUT2D eigenvalue weighted by Crippen LogP contribution is 2.26. The van der Waals surface area contributed by atoms with Gasteiger partial charge in [0.15, 0.2) is 0 Å². The average molecular weight is 267 g/mol. The summed E-state index contributed by atoms with van der Waals surface area (Å²) >= 11 is 5.66. The SMILES string of the molecule is O=C(O)Oc1ccc(-c2ccc(Cl)cc2F)cc1. The minimum atomic E-state index is -1.39. The van der Waals surface area contributed by atoms with Gasteiger partial charge in [-0.1, -0.05) is 23.7 Å². The van der Waals surface area contributed by atoms with Crippen molar-refractivity contribution in [3.8, 4) is 16.9 Å². The zero-order valence-electron chi connectivity index (χ0n) is 9.06. The van der Waals surface area contributed by atoms with Gasteiger partial charge in [-0.05, 0) is 35.9 Å². The van der Waals surface area contributed by atoms with Crippen LogP contribution < -0.4 is 4.74 Å². The molecule has 2 aromatic carbocycles. The van der Waals surface area contributed by atoms with Crippen molar-refractivity contribution in [1.82, 2.24) is 0 Å². The van der Waals surface area contributed by atoms with E-state index in [9.17, 15) is 9.18 Å². The van der Waals surface area contributed by atoms with Gasteiger partial charge >= 0.3 is 6.16 Å². The Morgan fingerprint density at radius 3 is 2.39 bits per heavy atom. The molecule has 0 unspecified atom stereocenters. The largest absolute Gasteiger partial charge is 0.511 e. The molecule has 0 radical (unpaired) electrons. The van der Waals surface area contributed by atoms with Crippen LogP contribution in [0.4, 0.5) is 9.18 Å². The molecule has 0 aliphatic carbocycles. The van der Waals surface area contributed by atoms with E-state index in [1.807, 2.05) is 0 Å². The summed E-state index contributed by atoms with van der Waals surface area (Å²) in [5.41, 5.74) is 1.00. The van der Waals surface area contributed by atoms with Gasteiger partial charge in [-0.15, -0.1) is 0 Å². The van der Waals surface area contributed by atoms with Crippen molar-refractivity contribution in [2.75, 3.05) is 0 Å². The van der Waals surface area contributed by atoms with Crippen molar-refractivity contribution >= 4 is 17.8 Å². The zero-order valence-corrected chi connectivity index (χ0v) is 9.82. The third-order valence-electron chi connectivity index (χ3n) is 2.30. The number of hydrogen-bond acceptors (Lipinski definition) is 2. The van der Waals surface area contributed by atoms with Crippen LogP contribution >= 0.6 is 11.6 Å². The maximum Gasteiger partial charge on any atom is 0.511 e. The second-order valence-electron chi connectivity index (χ2n) is 3.52. The van der Waals surface area contributed by atoms with Crippen LogP contribution in [-0.2, 0) is 0 Å². The molecule has 0 aliphatic rings. The van der Waals surface area contributed by atoms with Gasteiger partial charge in [-0.3, -0.25) is 0 Å². The molecule has 0 aliphatic heterocycles. The van der Waals surface area contributed by atoms with Gasteiger partial charge in [-0.2, -0.15) is 0 Å². The first-order valence-electron chi connectivity index (χ1n) is 5.02. The van der Waals surface area contributed by atoms with E-state index in [4.69, 9.17) is 16.7 Å². The molecular formula is C13H8ClFO3. The number of carboxylic acid groups (broad SMARTS) is 1. The summed E-state index contributed by atoms with van der Waals surface area (Å²) in [5, 5.41) is 8.75. The molecule has 0 aromatic heterocycles. The lowest BCUT2D eigenvalue weighted by Crippen LogP contribution is -2.02. The molecule has 0 atom stereocenters.